The van der Waals surface area contributed by atoms with Crippen molar-refractivity contribution >= 4 is 5.90 Å². The molecule has 12 heavy (non-hydrogen) atoms. The van der Waals surface area contributed by atoms with Crippen molar-refractivity contribution in [1.82, 2.24) is 0 Å². The number of nitrogens with one attached hydrogen (secondary N) is 1. The lowest BCUT2D eigenvalue weighted by Gasteiger charge is -2.16. The fourth-order valence-corrected chi connectivity index (χ4v) is 0.672. The fraction of sp³-hybridized carbons (Fsp3) is 0.875. The van der Waals surface area contributed by atoms with Crippen molar-refractivity contribution in [3.63, 3.8) is 0 Å². The van der Waals surface area contributed by atoms with E-state index in [1.54, 1.807) is 0 Å². The van der Waals surface area contributed by atoms with Crippen LogP contribution < -0.4 is 0 Å². The second-order valence-electron chi connectivity index (χ2n) is 2.23. The molecule has 1 atom stereocenters. The van der Waals surface area contributed by atoms with Gasteiger partial charge in [-0.1, -0.05) is 6.92 Å². The molecule has 0 heterocycles. The Balaban J connectivity index is 3.76. The summed E-state index contributed by atoms with van der Waals surface area (Å²) >= 11 is 0. The minimum absolute atomic E-state index is 0.0188. The Morgan fingerprint density at radius 1 is 1.33 bits per heavy atom. The summed E-state index contributed by atoms with van der Waals surface area (Å²) in [5, 5.41) is 7.30. The van der Waals surface area contributed by atoms with Crippen LogP contribution in [-0.2, 0) is 14.2 Å². The second-order valence-corrected chi connectivity index (χ2v) is 2.23. The maximum atomic E-state index is 7.30. The monoisotopic (exact) mass is 175 g/mol. The molecule has 4 nitrogen and oxygen atoms in total. The van der Waals surface area contributed by atoms with Crippen molar-refractivity contribution in [2.45, 2.75) is 26.6 Å². The van der Waals surface area contributed by atoms with Gasteiger partial charge in [-0.15, -0.1) is 0 Å². The van der Waals surface area contributed by atoms with E-state index < -0.39 is 6.29 Å². The normalized spacial score (nSPS) is 12.6. The average molecular weight is 175 g/mol. The highest BCUT2D eigenvalue weighted by molar-refractivity contribution is 5.76. The van der Waals surface area contributed by atoms with Crippen LogP contribution in [0.5, 0.6) is 0 Å². The third-order valence-electron chi connectivity index (χ3n) is 1.23. The van der Waals surface area contributed by atoms with E-state index in [-0.39, 0.29) is 5.90 Å². The Kier molecular flexibility index (Phi) is 6.70. The molecule has 0 rings (SSSR count). The van der Waals surface area contributed by atoms with Gasteiger partial charge in [0.05, 0.1) is 13.7 Å². The van der Waals surface area contributed by atoms with Gasteiger partial charge in [-0.25, -0.2) is 0 Å². The van der Waals surface area contributed by atoms with Gasteiger partial charge in [-0.3, -0.25) is 5.41 Å². The highest BCUT2D eigenvalue weighted by Gasteiger charge is 2.14. The molecule has 0 aromatic rings. The Hall–Kier alpha value is -0.610. The first-order valence-electron chi connectivity index (χ1n) is 4.11. The summed E-state index contributed by atoms with van der Waals surface area (Å²) in [5.41, 5.74) is 0. The van der Waals surface area contributed by atoms with Gasteiger partial charge in [0.1, 0.15) is 0 Å². The summed E-state index contributed by atoms with van der Waals surface area (Å²) in [6.45, 7) is 4.95. The predicted molar refractivity (Wildman–Crippen MR) is 46.4 cm³/mol. The lowest BCUT2D eigenvalue weighted by Crippen LogP contribution is -2.28. The number of hydrogen-bond acceptors (Lipinski definition) is 4. The number of hydrogen-bond donors (Lipinski definition) is 1. The van der Waals surface area contributed by atoms with E-state index in [0.717, 1.165) is 6.42 Å². The topological polar surface area (TPSA) is 51.5 Å². The van der Waals surface area contributed by atoms with Gasteiger partial charge in [0.15, 0.2) is 0 Å². The van der Waals surface area contributed by atoms with Crippen molar-refractivity contribution in [2.75, 3.05) is 20.3 Å². The molecule has 0 saturated heterocycles. The molecule has 0 saturated carbocycles. The standard InChI is InChI=1S/C8H17NO3/c1-4-6-12-8(11-5-2)7(9)10-3/h8-9H,4-6H2,1-3H3. The van der Waals surface area contributed by atoms with Crippen LogP contribution in [0.2, 0.25) is 0 Å². The van der Waals surface area contributed by atoms with Crippen molar-refractivity contribution < 1.29 is 14.2 Å². The molecule has 0 fully saturated rings. The fourth-order valence-electron chi connectivity index (χ4n) is 0.672. The first-order valence-corrected chi connectivity index (χ1v) is 4.11. The largest absolute Gasteiger partial charge is 0.481 e. The Labute approximate surface area is 73.3 Å². The predicted octanol–water partition coefficient (Wildman–Crippen LogP) is 1.40. The molecular weight excluding hydrogens is 158 g/mol. The van der Waals surface area contributed by atoms with E-state index in [1.807, 2.05) is 13.8 Å². The second kappa shape index (κ2) is 7.06. The highest BCUT2D eigenvalue weighted by Crippen LogP contribution is 1.98. The quantitative estimate of drug-likeness (QED) is 0.377. The van der Waals surface area contributed by atoms with Gasteiger partial charge in [0, 0.05) is 6.61 Å². The Bertz CT molecular complexity index is 127. The smallest absolute Gasteiger partial charge is 0.239 e. The van der Waals surface area contributed by atoms with E-state index >= 15 is 0 Å². The highest BCUT2D eigenvalue weighted by atomic mass is 16.7. The molecular formula is C8H17NO3. The van der Waals surface area contributed by atoms with Crippen LogP contribution in [0.4, 0.5) is 0 Å². The third kappa shape index (κ3) is 4.31. The molecule has 0 aliphatic heterocycles. The van der Waals surface area contributed by atoms with Crippen molar-refractivity contribution in [1.29, 1.82) is 5.41 Å². The van der Waals surface area contributed by atoms with E-state index in [4.69, 9.17) is 19.6 Å². The zero-order valence-electron chi connectivity index (χ0n) is 7.92. The minimum atomic E-state index is -0.639. The summed E-state index contributed by atoms with van der Waals surface area (Å²) in [6, 6.07) is 0. The molecule has 0 aliphatic carbocycles. The van der Waals surface area contributed by atoms with Gasteiger partial charge >= 0.3 is 0 Å². The number of rotatable bonds is 6. The maximum Gasteiger partial charge on any atom is 0.239 e. The van der Waals surface area contributed by atoms with Crippen LogP contribution in [0.15, 0.2) is 0 Å². The van der Waals surface area contributed by atoms with Crippen LogP contribution in [0.1, 0.15) is 20.3 Å². The maximum absolute atomic E-state index is 7.30. The Morgan fingerprint density at radius 2 is 2.00 bits per heavy atom. The van der Waals surface area contributed by atoms with Gasteiger partial charge in [-0.2, -0.15) is 0 Å². The third-order valence-corrected chi connectivity index (χ3v) is 1.23. The number of ether oxygens (including phenoxy) is 3. The molecule has 1 N–H and O–H groups in total. The van der Waals surface area contributed by atoms with E-state index in [0.29, 0.717) is 13.2 Å². The van der Waals surface area contributed by atoms with E-state index in [9.17, 15) is 0 Å². The summed E-state index contributed by atoms with van der Waals surface area (Å²) in [7, 11) is 1.43. The van der Waals surface area contributed by atoms with E-state index in [1.165, 1.54) is 7.11 Å². The molecule has 1 unspecified atom stereocenters. The summed E-state index contributed by atoms with van der Waals surface area (Å²) < 4.78 is 15.0. The van der Waals surface area contributed by atoms with Gasteiger partial charge in [-0.05, 0) is 13.3 Å². The van der Waals surface area contributed by atoms with E-state index in [2.05, 4.69) is 0 Å². The first-order chi connectivity index (χ1) is 5.76. The molecule has 72 valence electrons. The molecule has 0 radical (unpaired) electrons. The lowest BCUT2D eigenvalue weighted by atomic mass is 10.5. The van der Waals surface area contributed by atoms with Gasteiger partial charge in [0.25, 0.3) is 0 Å². The van der Waals surface area contributed by atoms with Gasteiger partial charge < -0.3 is 14.2 Å². The van der Waals surface area contributed by atoms with Crippen molar-refractivity contribution in [2.24, 2.45) is 0 Å². The molecule has 0 aliphatic rings. The Morgan fingerprint density at radius 3 is 2.42 bits per heavy atom. The van der Waals surface area contributed by atoms with Gasteiger partial charge in [0.2, 0.25) is 12.2 Å². The minimum Gasteiger partial charge on any atom is -0.481 e. The van der Waals surface area contributed by atoms with Crippen LogP contribution in [0.3, 0.4) is 0 Å². The molecule has 0 spiro atoms. The van der Waals surface area contributed by atoms with Crippen LogP contribution in [0.25, 0.3) is 0 Å². The number of methoxy groups -OCH3 is 1. The van der Waals surface area contributed by atoms with Crippen molar-refractivity contribution in [3.8, 4) is 0 Å². The average Bonchev–Trinajstić information content (AvgIpc) is 2.11. The molecule has 0 aromatic carbocycles. The zero-order chi connectivity index (χ0) is 9.40. The van der Waals surface area contributed by atoms with Crippen LogP contribution in [0, 0.1) is 5.41 Å². The summed E-state index contributed by atoms with van der Waals surface area (Å²) in [4.78, 5) is 0. The molecule has 0 aromatic heterocycles. The van der Waals surface area contributed by atoms with Crippen LogP contribution in [-0.4, -0.2) is 32.5 Å². The first kappa shape index (κ1) is 11.4. The molecule has 4 heteroatoms. The van der Waals surface area contributed by atoms with Crippen LogP contribution >= 0.6 is 0 Å². The SMILES string of the molecule is CCCOC(OCC)C(=N)OC. The zero-order valence-corrected chi connectivity index (χ0v) is 7.92. The summed E-state index contributed by atoms with van der Waals surface area (Å²) in [6.07, 6.45) is 0.264. The molecule has 0 bridgehead atoms. The molecule has 0 amide bonds. The van der Waals surface area contributed by atoms with Crippen molar-refractivity contribution in [3.05, 3.63) is 0 Å². The summed E-state index contributed by atoms with van der Waals surface area (Å²) in [5.74, 6) is 0.0188. The lowest BCUT2D eigenvalue weighted by molar-refractivity contribution is -0.104.